The molecule has 2 saturated carbocycles. The van der Waals surface area contributed by atoms with Gasteiger partial charge in [0.1, 0.15) is 0 Å². The van der Waals surface area contributed by atoms with Gasteiger partial charge in [-0.2, -0.15) is 5.26 Å². The van der Waals surface area contributed by atoms with Crippen molar-refractivity contribution in [2.75, 3.05) is 0 Å². The summed E-state index contributed by atoms with van der Waals surface area (Å²) >= 11 is 0. The average molecular weight is 344 g/mol. The number of allylic oxidation sites excluding steroid dienone is 2. The molecular formula is C24H41N. The van der Waals surface area contributed by atoms with E-state index in [1.54, 1.807) is 0 Å². The fraction of sp³-hybridized carbons (Fsp3) is 0.875. The summed E-state index contributed by atoms with van der Waals surface area (Å²) in [6.45, 7) is 4.49. The number of nitriles is 1. The molecule has 0 aliphatic heterocycles. The summed E-state index contributed by atoms with van der Waals surface area (Å²) in [5.41, 5.74) is -0.00800. The first-order chi connectivity index (χ1) is 12.2. The first-order valence-electron chi connectivity index (χ1n) is 11.3. The van der Waals surface area contributed by atoms with Crippen LogP contribution in [-0.2, 0) is 0 Å². The van der Waals surface area contributed by atoms with E-state index in [0.717, 1.165) is 49.9 Å². The summed E-state index contributed by atoms with van der Waals surface area (Å²) in [5.74, 6) is 2.92. The Morgan fingerprint density at radius 3 is 2.20 bits per heavy atom. The molecule has 0 spiro atoms. The van der Waals surface area contributed by atoms with E-state index in [4.69, 9.17) is 0 Å². The van der Waals surface area contributed by atoms with Crippen LogP contribution in [0.5, 0.6) is 0 Å². The van der Waals surface area contributed by atoms with Crippen LogP contribution in [0.4, 0.5) is 0 Å². The summed E-state index contributed by atoms with van der Waals surface area (Å²) in [6.07, 6.45) is 24.4. The van der Waals surface area contributed by atoms with Crippen LogP contribution in [0.15, 0.2) is 12.2 Å². The van der Waals surface area contributed by atoms with E-state index in [2.05, 4.69) is 32.1 Å². The predicted octanol–water partition coefficient (Wildman–Crippen LogP) is 7.82. The van der Waals surface area contributed by atoms with E-state index < -0.39 is 0 Å². The zero-order chi connectivity index (χ0) is 18.0. The topological polar surface area (TPSA) is 23.8 Å². The Morgan fingerprint density at radius 2 is 1.60 bits per heavy atom. The third-order valence-electron chi connectivity index (χ3n) is 7.19. The van der Waals surface area contributed by atoms with Gasteiger partial charge >= 0.3 is 0 Å². The van der Waals surface area contributed by atoms with E-state index in [-0.39, 0.29) is 5.41 Å². The highest BCUT2D eigenvalue weighted by Gasteiger charge is 2.38. The molecule has 0 saturated heterocycles. The highest BCUT2D eigenvalue weighted by molar-refractivity contribution is 5.03. The Morgan fingerprint density at radius 1 is 0.920 bits per heavy atom. The van der Waals surface area contributed by atoms with Crippen molar-refractivity contribution in [2.45, 2.75) is 110 Å². The van der Waals surface area contributed by atoms with Crippen molar-refractivity contribution in [3.8, 4) is 6.07 Å². The summed E-state index contributed by atoms with van der Waals surface area (Å²) < 4.78 is 0. The van der Waals surface area contributed by atoms with Gasteiger partial charge in [-0.1, -0.05) is 64.5 Å². The second kappa shape index (κ2) is 11.1. The molecule has 0 unspecified atom stereocenters. The lowest BCUT2D eigenvalue weighted by molar-refractivity contribution is 0.116. The van der Waals surface area contributed by atoms with Gasteiger partial charge in [0.05, 0.1) is 11.5 Å². The third kappa shape index (κ3) is 6.47. The summed E-state index contributed by atoms with van der Waals surface area (Å²) in [7, 11) is 0. The number of hydrogen-bond donors (Lipinski definition) is 0. The Kier molecular flexibility index (Phi) is 9.08. The van der Waals surface area contributed by atoms with E-state index in [0.29, 0.717) is 0 Å². The van der Waals surface area contributed by atoms with Crippen molar-refractivity contribution >= 4 is 0 Å². The van der Waals surface area contributed by atoms with Crippen molar-refractivity contribution in [3.05, 3.63) is 12.2 Å². The van der Waals surface area contributed by atoms with Crippen LogP contribution in [0.3, 0.4) is 0 Å². The quantitative estimate of drug-likeness (QED) is 0.309. The van der Waals surface area contributed by atoms with Gasteiger partial charge in [-0.05, 0) is 75.5 Å². The van der Waals surface area contributed by atoms with Crippen molar-refractivity contribution in [1.82, 2.24) is 0 Å². The largest absolute Gasteiger partial charge is 0.198 e. The van der Waals surface area contributed by atoms with Crippen molar-refractivity contribution in [1.29, 1.82) is 5.26 Å². The Bertz CT molecular complexity index is 414. The zero-order valence-corrected chi connectivity index (χ0v) is 16.9. The molecule has 1 heteroatoms. The molecular weight excluding hydrogens is 302 g/mol. The Hall–Kier alpha value is -0.770. The molecule has 0 amide bonds. The maximum Gasteiger partial charge on any atom is 0.0689 e. The molecule has 2 fully saturated rings. The normalized spacial score (nSPS) is 33.4. The van der Waals surface area contributed by atoms with Crippen LogP contribution < -0.4 is 0 Å². The second-order valence-electron chi connectivity index (χ2n) is 8.92. The number of nitrogens with zero attached hydrogens (tertiary/aromatic N) is 1. The first kappa shape index (κ1) is 20.5. The van der Waals surface area contributed by atoms with E-state index in [1.807, 2.05) is 0 Å². The number of rotatable bonds is 9. The lowest BCUT2D eigenvalue weighted by Crippen LogP contribution is -2.31. The molecule has 0 aromatic carbocycles. The fourth-order valence-electron chi connectivity index (χ4n) is 5.36. The van der Waals surface area contributed by atoms with Crippen LogP contribution in [0.1, 0.15) is 110 Å². The average Bonchev–Trinajstić information content (AvgIpc) is 2.67. The molecule has 142 valence electrons. The van der Waals surface area contributed by atoms with Crippen molar-refractivity contribution < 1.29 is 0 Å². The second-order valence-corrected chi connectivity index (χ2v) is 8.92. The highest BCUT2D eigenvalue weighted by atomic mass is 14.4. The number of unbranched alkanes of at least 4 members (excludes halogenated alkanes) is 2. The molecule has 2 aliphatic carbocycles. The first-order valence-corrected chi connectivity index (χ1v) is 11.3. The Labute approximate surface area is 157 Å². The Balaban J connectivity index is 1.71. The van der Waals surface area contributed by atoms with E-state index in [1.165, 1.54) is 64.2 Å². The maximum atomic E-state index is 9.76. The van der Waals surface area contributed by atoms with Gasteiger partial charge in [-0.3, -0.25) is 0 Å². The molecule has 0 radical (unpaired) electrons. The molecule has 0 N–H and O–H groups in total. The molecule has 2 aliphatic rings. The summed E-state index contributed by atoms with van der Waals surface area (Å²) in [5, 5.41) is 9.76. The SMILES string of the molecule is CC/C=C\CCC1(C#N)CCC(C2CCC(CCCCC)CC2)CC1. The van der Waals surface area contributed by atoms with E-state index >= 15 is 0 Å². The van der Waals surface area contributed by atoms with Crippen LogP contribution in [-0.4, -0.2) is 0 Å². The van der Waals surface area contributed by atoms with Crippen LogP contribution >= 0.6 is 0 Å². The molecule has 1 nitrogen and oxygen atoms in total. The fourth-order valence-corrected chi connectivity index (χ4v) is 5.36. The molecule has 0 bridgehead atoms. The van der Waals surface area contributed by atoms with Crippen molar-refractivity contribution in [3.63, 3.8) is 0 Å². The molecule has 25 heavy (non-hydrogen) atoms. The van der Waals surface area contributed by atoms with Crippen molar-refractivity contribution in [2.24, 2.45) is 23.2 Å². The van der Waals surface area contributed by atoms with Crippen LogP contribution in [0, 0.1) is 34.5 Å². The van der Waals surface area contributed by atoms with Gasteiger partial charge in [-0.25, -0.2) is 0 Å². The zero-order valence-electron chi connectivity index (χ0n) is 16.9. The smallest absolute Gasteiger partial charge is 0.0689 e. The van der Waals surface area contributed by atoms with Crippen LogP contribution in [0.2, 0.25) is 0 Å². The van der Waals surface area contributed by atoms with Gasteiger partial charge in [0.15, 0.2) is 0 Å². The van der Waals surface area contributed by atoms with Gasteiger partial charge in [0.25, 0.3) is 0 Å². The summed E-state index contributed by atoms with van der Waals surface area (Å²) in [4.78, 5) is 0. The predicted molar refractivity (Wildman–Crippen MR) is 108 cm³/mol. The van der Waals surface area contributed by atoms with Gasteiger partial charge in [0.2, 0.25) is 0 Å². The molecule has 0 aromatic heterocycles. The lowest BCUT2D eigenvalue weighted by atomic mass is 9.63. The van der Waals surface area contributed by atoms with E-state index in [9.17, 15) is 5.26 Å². The van der Waals surface area contributed by atoms with Crippen LogP contribution in [0.25, 0.3) is 0 Å². The van der Waals surface area contributed by atoms with Gasteiger partial charge in [0, 0.05) is 0 Å². The monoisotopic (exact) mass is 343 g/mol. The lowest BCUT2D eigenvalue weighted by Gasteiger charge is -2.40. The minimum absolute atomic E-state index is 0.00800. The standard InChI is InChI=1S/C24H41N/c1-3-5-7-9-17-24(20-25)18-15-23(16-19-24)22-13-11-21(12-14-22)10-8-6-4-2/h5,7,21-23H,3-4,6,8-19H2,1-2H3/b7-5-. The minimum atomic E-state index is -0.00800. The minimum Gasteiger partial charge on any atom is -0.198 e. The number of hydrogen-bond acceptors (Lipinski definition) is 1. The third-order valence-corrected chi connectivity index (χ3v) is 7.19. The molecule has 0 atom stereocenters. The molecule has 0 aromatic rings. The summed E-state index contributed by atoms with van der Waals surface area (Å²) in [6, 6.07) is 2.72. The maximum absolute atomic E-state index is 9.76. The molecule has 0 heterocycles. The van der Waals surface area contributed by atoms with Gasteiger partial charge in [-0.15, -0.1) is 0 Å². The highest BCUT2D eigenvalue weighted by Crippen LogP contribution is 2.47. The molecule has 2 rings (SSSR count). The van der Waals surface area contributed by atoms with Gasteiger partial charge < -0.3 is 0 Å².